The van der Waals surface area contributed by atoms with E-state index < -0.39 is 0 Å². The van der Waals surface area contributed by atoms with Gasteiger partial charge in [-0.1, -0.05) is 48.0 Å². The molecular weight excluding hydrogens is 290 g/mol. The summed E-state index contributed by atoms with van der Waals surface area (Å²) in [7, 11) is 0. The Balaban J connectivity index is 2.56. The summed E-state index contributed by atoms with van der Waals surface area (Å²) in [5.41, 5.74) is 8.18. The lowest BCUT2D eigenvalue weighted by Crippen LogP contribution is -2.06. The monoisotopic (exact) mass is 307 g/mol. The third-order valence-corrected chi connectivity index (χ3v) is 3.67. The number of benzene rings is 1. The third kappa shape index (κ3) is 2.29. The van der Waals surface area contributed by atoms with E-state index in [4.69, 9.17) is 5.73 Å². The van der Waals surface area contributed by atoms with Crippen LogP contribution in [0.4, 0.5) is 5.82 Å². The Morgan fingerprint density at radius 1 is 1.28 bits per heavy atom. The molecule has 2 rings (SSSR count). The molecule has 0 saturated heterocycles. The van der Waals surface area contributed by atoms with Crippen molar-refractivity contribution in [1.82, 2.24) is 9.55 Å². The molecule has 2 aromatic rings. The number of rotatable bonds is 4. The summed E-state index contributed by atoms with van der Waals surface area (Å²) in [6.45, 7) is 5.18. The Morgan fingerprint density at radius 2 is 2.00 bits per heavy atom. The predicted octanol–water partition coefficient (Wildman–Crippen LogP) is 3.87. The molecule has 4 heteroatoms. The van der Waals surface area contributed by atoms with Gasteiger partial charge in [0.05, 0.1) is 0 Å². The van der Waals surface area contributed by atoms with E-state index in [2.05, 4.69) is 39.3 Å². The van der Waals surface area contributed by atoms with Gasteiger partial charge in [0, 0.05) is 23.0 Å². The van der Waals surface area contributed by atoms with E-state index in [1.54, 1.807) is 0 Å². The van der Waals surface area contributed by atoms with Gasteiger partial charge in [-0.2, -0.15) is 0 Å². The Morgan fingerprint density at radius 3 is 2.61 bits per heavy atom. The highest BCUT2D eigenvalue weighted by Gasteiger charge is 2.16. The van der Waals surface area contributed by atoms with Crippen LogP contribution in [-0.4, -0.2) is 9.55 Å². The van der Waals surface area contributed by atoms with Crippen molar-refractivity contribution >= 4 is 21.7 Å². The molecule has 3 nitrogen and oxygen atoms in total. The fourth-order valence-corrected chi connectivity index (χ4v) is 2.58. The first-order valence-electron chi connectivity index (χ1n) is 6.28. The van der Waals surface area contributed by atoms with Crippen molar-refractivity contribution in [1.29, 1.82) is 0 Å². The lowest BCUT2D eigenvalue weighted by Gasteiger charge is -2.07. The Hall–Kier alpha value is -1.29. The average Bonchev–Trinajstić information content (AvgIpc) is 2.68. The molecule has 1 aromatic heterocycles. The molecule has 96 valence electrons. The van der Waals surface area contributed by atoms with Gasteiger partial charge < -0.3 is 10.3 Å². The quantitative estimate of drug-likeness (QED) is 0.932. The Kier molecular flexibility index (Phi) is 4.07. The summed E-state index contributed by atoms with van der Waals surface area (Å²) in [4.78, 5) is 4.69. The molecule has 0 bridgehead atoms. The Bertz CT molecular complexity index is 546. The van der Waals surface area contributed by atoms with Crippen LogP contribution in [0, 0.1) is 0 Å². The first kappa shape index (κ1) is 13.1. The van der Waals surface area contributed by atoms with E-state index in [0.717, 1.165) is 46.8 Å². The van der Waals surface area contributed by atoms with Crippen LogP contribution in [0.1, 0.15) is 26.1 Å². The van der Waals surface area contributed by atoms with Gasteiger partial charge >= 0.3 is 0 Å². The molecule has 0 aliphatic rings. The number of aryl methyl sites for hydroxylation is 1. The number of aromatic nitrogens is 2. The van der Waals surface area contributed by atoms with Crippen LogP contribution in [-0.2, 0) is 13.0 Å². The van der Waals surface area contributed by atoms with Crippen LogP contribution in [0.25, 0.3) is 11.3 Å². The average molecular weight is 308 g/mol. The number of halogens is 1. The van der Waals surface area contributed by atoms with Crippen molar-refractivity contribution in [3.8, 4) is 11.3 Å². The topological polar surface area (TPSA) is 43.8 Å². The standard InChI is InChI=1S/C14H18BrN3/c1-3-9-18-12(4-2)17-13(14(18)16)10-7-5-6-8-11(10)15/h5-8H,3-4,9,16H2,1-2H3. The van der Waals surface area contributed by atoms with Crippen LogP contribution < -0.4 is 5.73 Å². The van der Waals surface area contributed by atoms with Gasteiger partial charge in [-0.15, -0.1) is 0 Å². The zero-order chi connectivity index (χ0) is 13.1. The van der Waals surface area contributed by atoms with Crippen molar-refractivity contribution in [3.63, 3.8) is 0 Å². The van der Waals surface area contributed by atoms with E-state index in [1.165, 1.54) is 0 Å². The maximum atomic E-state index is 6.25. The van der Waals surface area contributed by atoms with Gasteiger partial charge in [-0.05, 0) is 12.5 Å². The van der Waals surface area contributed by atoms with Crippen molar-refractivity contribution in [2.75, 3.05) is 5.73 Å². The molecule has 0 amide bonds. The molecule has 0 radical (unpaired) electrons. The maximum Gasteiger partial charge on any atom is 0.131 e. The summed E-state index contributed by atoms with van der Waals surface area (Å²) in [5.74, 6) is 1.82. The lowest BCUT2D eigenvalue weighted by molar-refractivity contribution is 0.650. The zero-order valence-corrected chi connectivity index (χ0v) is 12.4. The number of nitrogens with zero attached hydrogens (tertiary/aromatic N) is 2. The highest BCUT2D eigenvalue weighted by atomic mass is 79.9. The zero-order valence-electron chi connectivity index (χ0n) is 10.8. The molecule has 18 heavy (non-hydrogen) atoms. The minimum atomic E-state index is 0.764. The van der Waals surface area contributed by atoms with Crippen molar-refractivity contribution in [2.24, 2.45) is 0 Å². The molecule has 0 saturated carbocycles. The molecule has 1 heterocycles. The number of imidazole rings is 1. The second-order valence-electron chi connectivity index (χ2n) is 4.25. The van der Waals surface area contributed by atoms with Crippen LogP contribution in [0.3, 0.4) is 0 Å². The Labute approximate surface area is 116 Å². The highest BCUT2D eigenvalue weighted by Crippen LogP contribution is 2.32. The molecule has 2 N–H and O–H groups in total. The molecule has 0 atom stereocenters. The molecular formula is C14H18BrN3. The van der Waals surface area contributed by atoms with E-state index in [0.29, 0.717) is 0 Å². The summed E-state index contributed by atoms with van der Waals surface area (Å²) in [6, 6.07) is 8.05. The summed E-state index contributed by atoms with van der Waals surface area (Å²) < 4.78 is 3.15. The van der Waals surface area contributed by atoms with Crippen molar-refractivity contribution in [2.45, 2.75) is 33.2 Å². The van der Waals surface area contributed by atoms with Crippen molar-refractivity contribution in [3.05, 3.63) is 34.6 Å². The van der Waals surface area contributed by atoms with Crippen LogP contribution in [0.5, 0.6) is 0 Å². The number of hydrogen-bond acceptors (Lipinski definition) is 2. The summed E-state index contributed by atoms with van der Waals surface area (Å²) in [6.07, 6.45) is 1.96. The van der Waals surface area contributed by atoms with Crippen LogP contribution in [0.2, 0.25) is 0 Å². The molecule has 0 fully saturated rings. The van der Waals surface area contributed by atoms with Crippen molar-refractivity contribution < 1.29 is 0 Å². The minimum absolute atomic E-state index is 0.764. The predicted molar refractivity (Wildman–Crippen MR) is 79.4 cm³/mol. The van der Waals surface area contributed by atoms with Gasteiger partial charge in [0.1, 0.15) is 17.3 Å². The van der Waals surface area contributed by atoms with Crippen LogP contribution in [0.15, 0.2) is 28.7 Å². The second-order valence-corrected chi connectivity index (χ2v) is 5.10. The third-order valence-electron chi connectivity index (χ3n) is 2.98. The fourth-order valence-electron chi connectivity index (χ4n) is 2.11. The van der Waals surface area contributed by atoms with E-state index in [1.807, 2.05) is 24.3 Å². The molecule has 0 aliphatic heterocycles. The molecule has 0 unspecified atom stereocenters. The SMILES string of the molecule is CCCn1c(CC)nc(-c2ccccc2Br)c1N. The fraction of sp³-hybridized carbons (Fsp3) is 0.357. The van der Waals surface area contributed by atoms with Crippen LogP contribution >= 0.6 is 15.9 Å². The number of nitrogen functional groups attached to an aromatic ring is 1. The number of nitrogens with two attached hydrogens (primary N) is 1. The largest absolute Gasteiger partial charge is 0.383 e. The smallest absolute Gasteiger partial charge is 0.131 e. The normalized spacial score (nSPS) is 10.8. The lowest BCUT2D eigenvalue weighted by atomic mass is 10.1. The molecule has 0 aliphatic carbocycles. The molecule has 0 spiro atoms. The van der Waals surface area contributed by atoms with Gasteiger partial charge in [0.15, 0.2) is 0 Å². The first-order valence-corrected chi connectivity index (χ1v) is 7.08. The summed E-state index contributed by atoms with van der Waals surface area (Å²) >= 11 is 3.56. The van der Waals surface area contributed by atoms with Gasteiger partial charge in [0.2, 0.25) is 0 Å². The van der Waals surface area contributed by atoms with E-state index in [9.17, 15) is 0 Å². The number of hydrogen-bond donors (Lipinski definition) is 1. The van der Waals surface area contributed by atoms with Gasteiger partial charge in [-0.3, -0.25) is 0 Å². The minimum Gasteiger partial charge on any atom is -0.383 e. The van der Waals surface area contributed by atoms with Gasteiger partial charge in [0.25, 0.3) is 0 Å². The van der Waals surface area contributed by atoms with E-state index >= 15 is 0 Å². The second kappa shape index (κ2) is 5.57. The summed E-state index contributed by atoms with van der Waals surface area (Å²) in [5, 5.41) is 0. The first-order chi connectivity index (χ1) is 8.69. The van der Waals surface area contributed by atoms with Gasteiger partial charge in [-0.25, -0.2) is 4.98 Å². The highest BCUT2D eigenvalue weighted by molar-refractivity contribution is 9.10. The van der Waals surface area contributed by atoms with E-state index in [-0.39, 0.29) is 0 Å². The molecule has 1 aromatic carbocycles. The maximum absolute atomic E-state index is 6.25. The number of anilines is 1.